The van der Waals surface area contributed by atoms with E-state index in [0.717, 1.165) is 0 Å². The van der Waals surface area contributed by atoms with Crippen LogP contribution in [0.3, 0.4) is 0 Å². The third-order valence-electron chi connectivity index (χ3n) is 3.12. The number of alkyl halides is 2. The molecule has 0 atom stereocenters. The lowest BCUT2D eigenvalue weighted by Gasteiger charge is -2.06. The Kier molecular flexibility index (Phi) is 3.68. The molecule has 2 N–H and O–H groups in total. The van der Waals surface area contributed by atoms with Crippen molar-refractivity contribution < 1.29 is 17.9 Å². The summed E-state index contributed by atoms with van der Waals surface area (Å²) < 4.78 is 44.1. The van der Waals surface area contributed by atoms with Gasteiger partial charge in [0.25, 0.3) is 0 Å². The average molecular weight is 308 g/mol. The van der Waals surface area contributed by atoms with E-state index in [0.29, 0.717) is 16.6 Å². The lowest BCUT2D eigenvalue weighted by atomic mass is 10.2. The topological polar surface area (TPSA) is 66.0 Å². The molecule has 0 aliphatic rings. The predicted molar refractivity (Wildman–Crippen MR) is 73.3 cm³/mol. The largest absolute Gasteiger partial charge is 0.435 e. The normalized spacial score (nSPS) is 11.3. The van der Waals surface area contributed by atoms with Crippen molar-refractivity contribution >= 4 is 11.0 Å². The van der Waals surface area contributed by atoms with Crippen molar-refractivity contribution in [1.82, 2.24) is 15.0 Å². The zero-order valence-electron chi connectivity index (χ0n) is 11.2. The Hall–Kier alpha value is -2.61. The van der Waals surface area contributed by atoms with E-state index in [-0.39, 0.29) is 18.0 Å². The smallest absolute Gasteiger partial charge is 0.387 e. The van der Waals surface area contributed by atoms with E-state index < -0.39 is 12.4 Å². The van der Waals surface area contributed by atoms with Crippen LogP contribution in [0.25, 0.3) is 16.7 Å². The number of ether oxygens (including phenoxy) is 1. The number of hydrogen-bond donors (Lipinski definition) is 1. The second-order valence-electron chi connectivity index (χ2n) is 4.52. The molecule has 22 heavy (non-hydrogen) atoms. The van der Waals surface area contributed by atoms with Gasteiger partial charge in [0.1, 0.15) is 22.8 Å². The summed E-state index contributed by atoms with van der Waals surface area (Å²) in [4.78, 5) is 0. The quantitative estimate of drug-likeness (QED) is 0.804. The number of rotatable bonds is 4. The molecule has 3 aromatic rings. The highest BCUT2D eigenvalue weighted by molar-refractivity contribution is 5.77. The Morgan fingerprint density at radius 1 is 1.18 bits per heavy atom. The summed E-state index contributed by atoms with van der Waals surface area (Å²) in [6, 6.07) is 8.69. The molecule has 0 aliphatic heterocycles. The summed E-state index contributed by atoms with van der Waals surface area (Å²) in [5, 5.41) is 7.70. The van der Waals surface area contributed by atoms with Crippen LogP contribution in [-0.2, 0) is 6.54 Å². The summed E-state index contributed by atoms with van der Waals surface area (Å²) in [6.07, 6.45) is 0. The van der Waals surface area contributed by atoms with E-state index in [4.69, 9.17) is 5.73 Å². The van der Waals surface area contributed by atoms with Gasteiger partial charge in [0.05, 0.1) is 5.52 Å². The van der Waals surface area contributed by atoms with Gasteiger partial charge in [-0.05, 0) is 29.8 Å². The lowest BCUT2D eigenvalue weighted by molar-refractivity contribution is -0.0497. The molecule has 0 bridgehead atoms. The summed E-state index contributed by atoms with van der Waals surface area (Å²) >= 11 is 0. The average Bonchev–Trinajstić information content (AvgIpc) is 2.89. The van der Waals surface area contributed by atoms with Gasteiger partial charge in [-0.3, -0.25) is 0 Å². The van der Waals surface area contributed by atoms with Crippen LogP contribution in [0.15, 0.2) is 36.4 Å². The lowest BCUT2D eigenvalue weighted by Crippen LogP contribution is -2.03. The number of halogens is 3. The standard InChI is InChI=1S/C14H11F3N4O/c15-10-5-8(7-18)1-3-12(10)21-13-4-2-9(22-14(16)17)6-11(13)19-20-21/h1-6,14H,7,18H2. The monoisotopic (exact) mass is 308 g/mol. The molecule has 0 radical (unpaired) electrons. The molecule has 1 aromatic heterocycles. The highest BCUT2D eigenvalue weighted by Crippen LogP contribution is 2.24. The molecule has 3 rings (SSSR count). The van der Waals surface area contributed by atoms with Crippen molar-refractivity contribution in [3.8, 4) is 11.4 Å². The minimum Gasteiger partial charge on any atom is -0.435 e. The van der Waals surface area contributed by atoms with Crippen LogP contribution in [0.2, 0.25) is 0 Å². The van der Waals surface area contributed by atoms with Gasteiger partial charge in [0.2, 0.25) is 0 Å². The SMILES string of the molecule is NCc1ccc(-n2nnc3cc(OC(F)F)ccc32)c(F)c1. The first kappa shape index (κ1) is 14.3. The van der Waals surface area contributed by atoms with Gasteiger partial charge >= 0.3 is 6.61 Å². The first-order valence-electron chi connectivity index (χ1n) is 6.37. The zero-order chi connectivity index (χ0) is 15.7. The number of benzene rings is 2. The first-order chi connectivity index (χ1) is 10.6. The van der Waals surface area contributed by atoms with Crippen LogP contribution in [0, 0.1) is 5.82 Å². The Balaban J connectivity index is 2.05. The van der Waals surface area contributed by atoms with Crippen molar-refractivity contribution in [2.75, 3.05) is 0 Å². The maximum Gasteiger partial charge on any atom is 0.387 e. The van der Waals surface area contributed by atoms with Crippen LogP contribution in [-0.4, -0.2) is 21.6 Å². The van der Waals surface area contributed by atoms with Crippen molar-refractivity contribution in [1.29, 1.82) is 0 Å². The second-order valence-corrected chi connectivity index (χ2v) is 4.52. The molecule has 0 amide bonds. The number of aromatic nitrogens is 3. The van der Waals surface area contributed by atoms with Crippen molar-refractivity contribution in [3.05, 3.63) is 47.8 Å². The molecule has 114 valence electrons. The Labute approximate surface area is 123 Å². The molecule has 0 fully saturated rings. The van der Waals surface area contributed by atoms with Gasteiger partial charge in [0, 0.05) is 12.6 Å². The maximum absolute atomic E-state index is 14.1. The Morgan fingerprint density at radius 3 is 2.68 bits per heavy atom. The second kappa shape index (κ2) is 5.64. The molecule has 0 saturated heterocycles. The van der Waals surface area contributed by atoms with Crippen LogP contribution >= 0.6 is 0 Å². The van der Waals surface area contributed by atoms with E-state index in [9.17, 15) is 13.2 Å². The summed E-state index contributed by atoms with van der Waals surface area (Å²) in [6.45, 7) is -2.70. The third-order valence-corrected chi connectivity index (χ3v) is 3.12. The molecular weight excluding hydrogens is 297 g/mol. The third kappa shape index (κ3) is 2.60. The fourth-order valence-corrected chi connectivity index (χ4v) is 2.11. The van der Waals surface area contributed by atoms with Crippen molar-refractivity contribution in [3.63, 3.8) is 0 Å². The van der Waals surface area contributed by atoms with Crippen LogP contribution in [0.5, 0.6) is 5.75 Å². The maximum atomic E-state index is 14.1. The van der Waals surface area contributed by atoms with Gasteiger partial charge in [-0.15, -0.1) is 5.10 Å². The zero-order valence-corrected chi connectivity index (χ0v) is 11.2. The summed E-state index contributed by atoms with van der Waals surface area (Å²) in [5.74, 6) is -0.531. The van der Waals surface area contributed by atoms with Crippen molar-refractivity contribution in [2.24, 2.45) is 5.73 Å². The van der Waals surface area contributed by atoms with E-state index in [1.54, 1.807) is 6.07 Å². The van der Waals surface area contributed by atoms with Gasteiger partial charge in [-0.2, -0.15) is 8.78 Å². The van der Waals surface area contributed by atoms with E-state index in [1.165, 1.54) is 35.0 Å². The fourth-order valence-electron chi connectivity index (χ4n) is 2.11. The number of nitrogens with zero attached hydrogens (tertiary/aromatic N) is 3. The molecular formula is C14H11F3N4O. The van der Waals surface area contributed by atoms with Crippen molar-refractivity contribution in [2.45, 2.75) is 13.2 Å². The van der Waals surface area contributed by atoms with Crippen LogP contribution < -0.4 is 10.5 Å². The van der Waals surface area contributed by atoms with E-state index in [2.05, 4.69) is 15.0 Å². The van der Waals surface area contributed by atoms with E-state index >= 15 is 0 Å². The number of nitrogens with two attached hydrogens (primary N) is 1. The predicted octanol–water partition coefficient (Wildman–Crippen LogP) is 2.62. The Morgan fingerprint density at radius 2 is 2.00 bits per heavy atom. The summed E-state index contributed by atoms with van der Waals surface area (Å²) in [7, 11) is 0. The molecule has 1 heterocycles. The van der Waals surface area contributed by atoms with Crippen LogP contribution in [0.4, 0.5) is 13.2 Å². The number of hydrogen-bond acceptors (Lipinski definition) is 4. The van der Waals surface area contributed by atoms with Gasteiger partial charge in [-0.1, -0.05) is 11.3 Å². The Bertz CT molecular complexity index is 819. The molecule has 5 nitrogen and oxygen atoms in total. The van der Waals surface area contributed by atoms with Gasteiger partial charge < -0.3 is 10.5 Å². The molecule has 2 aromatic carbocycles. The highest BCUT2D eigenvalue weighted by Gasteiger charge is 2.13. The van der Waals surface area contributed by atoms with Crippen LogP contribution in [0.1, 0.15) is 5.56 Å². The molecule has 0 saturated carbocycles. The minimum absolute atomic E-state index is 0.0338. The highest BCUT2D eigenvalue weighted by atomic mass is 19.3. The van der Waals surface area contributed by atoms with Gasteiger partial charge in [0.15, 0.2) is 0 Å². The first-order valence-corrected chi connectivity index (χ1v) is 6.37. The molecule has 0 unspecified atom stereocenters. The molecule has 0 aliphatic carbocycles. The number of fused-ring (bicyclic) bond motifs is 1. The van der Waals surface area contributed by atoms with E-state index in [1.807, 2.05) is 0 Å². The fraction of sp³-hybridized carbons (Fsp3) is 0.143. The van der Waals surface area contributed by atoms with Gasteiger partial charge in [-0.25, -0.2) is 9.07 Å². The summed E-state index contributed by atoms with van der Waals surface area (Å²) in [5.41, 5.74) is 7.10. The molecule has 0 spiro atoms. The molecule has 8 heteroatoms. The minimum atomic E-state index is -2.92.